The fourth-order valence-corrected chi connectivity index (χ4v) is 2.40. The van der Waals surface area contributed by atoms with E-state index >= 15 is 0 Å². The molecule has 1 aromatic rings. The molecule has 98 valence electrons. The van der Waals surface area contributed by atoms with Gasteiger partial charge in [-0.3, -0.25) is 4.79 Å². The number of hydrogen-bond acceptors (Lipinski definition) is 2. The molecule has 3 nitrogen and oxygen atoms in total. The molecule has 18 heavy (non-hydrogen) atoms. The van der Waals surface area contributed by atoms with E-state index < -0.39 is 0 Å². The first-order chi connectivity index (χ1) is 8.59. The Morgan fingerprint density at radius 3 is 2.61 bits per heavy atom. The maximum absolute atomic E-state index is 12.3. The van der Waals surface area contributed by atoms with Crippen LogP contribution in [-0.2, 0) is 4.79 Å². The standard InChI is InChI=1S/C15H22N2O/c1-11-6-8-13(9-7-11)12(2)17(3)15(18)14-5-4-10-16-14/h6-9,12,14,16H,4-5,10H2,1-3H3/t12?,14-/m0/s1. The number of amides is 1. The average Bonchev–Trinajstić information content (AvgIpc) is 2.91. The van der Waals surface area contributed by atoms with Crippen LogP contribution in [0.1, 0.15) is 36.9 Å². The molecule has 1 aliphatic heterocycles. The van der Waals surface area contributed by atoms with E-state index in [1.54, 1.807) is 0 Å². The van der Waals surface area contributed by atoms with Crippen LogP contribution >= 0.6 is 0 Å². The third-order valence-corrected chi connectivity index (χ3v) is 3.85. The molecule has 0 radical (unpaired) electrons. The van der Waals surface area contributed by atoms with E-state index in [1.807, 2.05) is 11.9 Å². The highest BCUT2D eigenvalue weighted by Gasteiger charge is 2.27. The van der Waals surface area contributed by atoms with Crippen LogP contribution in [0.2, 0.25) is 0 Å². The lowest BCUT2D eigenvalue weighted by molar-refractivity contribution is -0.133. The molecule has 3 heteroatoms. The van der Waals surface area contributed by atoms with Crippen LogP contribution in [0.25, 0.3) is 0 Å². The van der Waals surface area contributed by atoms with Gasteiger partial charge < -0.3 is 10.2 Å². The van der Waals surface area contributed by atoms with E-state index in [0.717, 1.165) is 19.4 Å². The number of aryl methyl sites for hydroxylation is 1. The highest BCUT2D eigenvalue weighted by Crippen LogP contribution is 2.21. The molecule has 1 N–H and O–H groups in total. The van der Waals surface area contributed by atoms with E-state index in [0.29, 0.717) is 0 Å². The van der Waals surface area contributed by atoms with Gasteiger partial charge in [-0.25, -0.2) is 0 Å². The van der Waals surface area contributed by atoms with Crippen molar-refractivity contribution in [3.63, 3.8) is 0 Å². The molecule has 0 bridgehead atoms. The van der Waals surface area contributed by atoms with Gasteiger partial charge in [-0.05, 0) is 38.8 Å². The van der Waals surface area contributed by atoms with Gasteiger partial charge in [-0.15, -0.1) is 0 Å². The van der Waals surface area contributed by atoms with Gasteiger partial charge in [0.05, 0.1) is 12.1 Å². The third kappa shape index (κ3) is 2.72. The Bertz CT molecular complexity index is 407. The van der Waals surface area contributed by atoms with Crippen LogP contribution < -0.4 is 5.32 Å². The molecule has 1 aliphatic rings. The Morgan fingerprint density at radius 1 is 1.39 bits per heavy atom. The SMILES string of the molecule is Cc1ccc(C(C)N(C)C(=O)[C@@H]2CCCN2)cc1. The Balaban J connectivity index is 2.05. The zero-order chi connectivity index (χ0) is 13.1. The molecular formula is C15H22N2O. The van der Waals surface area contributed by atoms with Crippen molar-refractivity contribution in [3.8, 4) is 0 Å². The van der Waals surface area contributed by atoms with Crippen molar-refractivity contribution in [1.29, 1.82) is 0 Å². The maximum atomic E-state index is 12.3. The van der Waals surface area contributed by atoms with Gasteiger partial charge in [-0.1, -0.05) is 29.8 Å². The number of carbonyl (C=O) groups excluding carboxylic acids is 1. The van der Waals surface area contributed by atoms with E-state index in [9.17, 15) is 4.79 Å². The van der Waals surface area contributed by atoms with Crippen molar-refractivity contribution >= 4 is 5.91 Å². The summed E-state index contributed by atoms with van der Waals surface area (Å²) in [5.74, 6) is 0.209. The first kappa shape index (κ1) is 13.1. The number of carbonyl (C=O) groups is 1. The van der Waals surface area contributed by atoms with E-state index in [4.69, 9.17) is 0 Å². The largest absolute Gasteiger partial charge is 0.338 e. The summed E-state index contributed by atoms with van der Waals surface area (Å²) in [6.45, 7) is 5.12. The van der Waals surface area contributed by atoms with Gasteiger partial charge in [0, 0.05) is 7.05 Å². The Morgan fingerprint density at radius 2 is 2.06 bits per heavy atom. The second-order valence-corrected chi connectivity index (χ2v) is 5.18. The summed E-state index contributed by atoms with van der Waals surface area (Å²) in [5.41, 5.74) is 2.44. The van der Waals surface area contributed by atoms with Crippen molar-refractivity contribution in [2.75, 3.05) is 13.6 Å². The van der Waals surface area contributed by atoms with Crippen LogP contribution in [0.15, 0.2) is 24.3 Å². The van der Waals surface area contributed by atoms with Crippen LogP contribution in [0, 0.1) is 6.92 Å². The van der Waals surface area contributed by atoms with E-state index in [1.165, 1.54) is 11.1 Å². The molecule has 0 aromatic heterocycles. The first-order valence-electron chi connectivity index (χ1n) is 6.66. The summed E-state index contributed by atoms with van der Waals surface area (Å²) >= 11 is 0. The third-order valence-electron chi connectivity index (χ3n) is 3.85. The summed E-state index contributed by atoms with van der Waals surface area (Å²) in [6, 6.07) is 8.54. The predicted octanol–water partition coefficient (Wildman–Crippen LogP) is 2.27. The van der Waals surface area contributed by atoms with Gasteiger partial charge in [0.1, 0.15) is 0 Å². The average molecular weight is 246 g/mol. The molecule has 1 aromatic carbocycles. The summed E-state index contributed by atoms with van der Waals surface area (Å²) in [6.07, 6.45) is 2.06. The molecular weight excluding hydrogens is 224 g/mol. The topological polar surface area (TPSA) is 32.3 Å². The lowest BCUT2D eigenvalue weighted by Crippen LogP contribution is -2.42. The molecule has 0 saturated carbocycles. The van der Waals surface area contributed by atoms with Gasteiger partial charge in [0.2, 0.25) is 5.91 Å². The molecule has 1 unspecified atom stereocenters. The van der Waals surface area contributed by atoms with E-state index in [2.05, 4.69) is 43.4 Å². The van der Waals surface area contributed by atoms with Gasteiger partial charge in [0.25, 0.3) is 0 Å². The number of benzene rings is 1. The maximum Gasteiger partial charge on any atom is 0.239 e. The highest BCUT2D eigenvalue weighted by atomic mass is 16.2. The minimum atomic E-state index is 0.0166. The number of rotatable bonds is 3. The quantitative estimate of drug-likeness (QED) is 0.887. The second kappa shape index (κ2) is 5.53. The number of likely N-dealkylation sites (N-methyl/N-ethyl adjacent to an activating group) is 1. The molecule has 0 aliphatic carbocycles. The van der Waals surface area contributed by atoms with Crippen LogP contribution in [0.3, 0.4) is 0 Å². The van der Waals surface area contributed by atoms with Crippen LogP contribution in [0.5, 0.6) is 0 Å². The zero-order valence-corrected chi connectivity index (χ0v) is 11.4. The fraction of sp³-hybridized carbons (Fsp3) is 0.533. The highest BCUT2D eigenvalue weighted by molar-refractivity contribution is 5.82. The van der Waals surface area contributed by atoms with Crippen LogP contribution in [-0.4, -0.2) is 30.4 Å². The van der Waals surface area contributed by atoms with Gasteiger partial charge in [-0.2, -0.15) is 0 Å². The second-order valence-electron chi connectivity index (χ2n) is 5.18. The summed E-state index contributed by atoms with van der Waals surface area (Å²) < 4.78 is 0. The van der Waals surface area contributed by atoms with Crippen molar-refractivity contribution in [1.82, 2.24) is 10.2 Å². The number of nitrogens with zero attached hydrogens (tertiary/aromatic N) is 1. The van der Waals surface area contributed by atoms with Crippen LogP contribution in [0.4, 0.5) is 0 Å². The lowest BCUT2D eigenvalue weighted by Gasteiger charge is -2.28. The lowest BCUT2D eigenvalue weighted by atomic mass is 10.0. The smallest absolute Gasteiger partial charge is 0.239 e. The van der Waals surface area contributed by atoms with Gasteiger partial charge in [0.15, 0.2) is 0 Å². The summed E-state index contributed by atoms with van der Waals surface area (Å²) in [5, 5.41) is 3.26. The minimum Gasteiger partial charge on any atom is -0.338 e. The summed E-state index contributed by atoms with van der Waals surface area (Å²) in [7, 11) is 1.90. The van der Waals surface area contributed by atoms with Crippen molar-refractivity contribution < 1.29 is 4.79 Å². The zero-order valence-electron chi connectivity index (χ0n) is 11.4. The van der Waals surface area contributed by atoms with Crippen molar-refractivity contribution in [2.45, 2.75) is 38.8 Å². The van der Waals surface area contributed by atoms with Crippen molar-refractivity contribution in [3.05, 3.63) is 35.4 Å². The van der Waals surface area contributed by atoms with Gasteiger partial charge >= 0.3 is 0 Å². The monoisotopic (exact) mass is 246 g/mol. The fourth-order valence-electron chi connectivity index (χ4n) is 2.40. The number of nitrogens with one attached hydrogen (secondary N) is 1. The minimum absolute atomic E-state index is 0.0166. The molecule has 1 fully saturated rings. The van der Waals surface area contributed by atoms with E-state index in [-0.39, 0.29) is 18.0 Å². The Labute approximate surface area is 109 Å². The Kier molecular flexibility index (Phi) is 4.02. The molecule has 1 amide bonds. The Hall–Kier alpha value is -1.35. The summed E-state index contributed by atoms with van der Waals surface area (Å²) in [4.78, 5) is 14.1. The normalized spacial score (nSPS) is 20.7. The first-order valence-corrected chi connectivity index (χ1v) is 6.66. The molecule has 1 heterocycles. The molecule has 2 rings (SSSR count). The number of hydrogen-bond donors (Lipinski definition) is 1. The molecule has 0 spiro atoms. The molecule has 1 saturated heterocycles. The molecule has 2 atom stereocenters. The van der Waals surface area contributed by atoms with Crippen molar-refractivity contribution in [2.24, 2.45) is 0 Å². The predicted molar refractivity (Wildman–Crippen MR) is 73.4 cm³/mol.